The van der Waals surface area contributed by atoms with Crippen LogP contribution in [0, 0.1) is 0 Å². The Labute approximate surface area is 151 Å². The molecule has 1 saturated heterocycles. The summed E-state index contributed by atoms with van der Waals surface area (Å²) in [6.45, 7) is 14.9. The number of aromatic nitrogens is 2. The average molecular weight is 351 g/mol. The number of hydrogen-bond acceptors (Lipinski definition) is 5. The topological polar surface area (TPSA) is 62.6 Å². The molecule has 1 amide bonds. The molecule has 0 aliphatic carbocycles. The molecule has 0 radical (unpaired) electrons. The third-order valence-electron chi connectivity index (χ3n) is 4.18. The van der Waals surface area contributed by atoms with Gasteiger partial charge in [-0.1, -0.05) is 6.92 Å². The third kappa shape index (κ3) is 6.66. The highest BCUT2D eigenvalue weighted by Gasteiger charge is 2.25. The van der Waals surface area contributed by atoms with E-state index < -0.39 is 5.60 Å². The molecular weight excluding hydrogens is 318 g/mol. The summed E-state index contributed by atoms with van der Waals surface area (Å²) < 4.78 is 7.63. The Hall–Kier alpha value is -1.60. The fraction of sp³-hybridized carbons (Fsp3) is 0.778. The van der Waals surface area contributed by atoms with Gasteiger partial charge in [-0.25, -0.2) is 9.78 Å². The molecule has 1 aliphatic rings. The number of aryl methyl sites for hydroxylation is 1. The van der Waals surface area contributed by atoms with Crippen molar-refractivity contribution in [3.63, 3.8) is 0 Å². The molecule has 0 aromatic carbocycles. The number of carbonyl (C=O) groups is 1. The van der Waals surface area contributed by atoms with Crippen LogP contribution in [0.4, 0.5) is 4.79 Å². The normalized spacial score (nSPS) is 16.2. The lowest BCUT2D eigenvalue weighted by Gasteiger charge is -2.35. The van der Waals surface area contributed by atoms with E-state index in [0.717, 1.165) is 64.6 Å². The van der Waals surface area contributed by atoms with Crippen molar-refractivity contribution in [2.75, 3.05) is 39.3 Å². The lowest BCUT2D eigenvalue weighted by atomic mass is 10.2. The zero-order chi connectivity index (χ0) is 18.3. The first-order valence-electron chi connectivity index (χ1n) is 9.30. The Bertz CT molecular complexity index is 530. The summed E-state index contributed by atoms with van der Waals surface area (Å²) >= 11 is 0. The van der Waals surface area contributed by atoms with Crippen LogP contribution in [0.3, 0.4) is 0 Å². The van der Waals surface area contributed by atoms with E-state index in [9.17, 15) is 4.79 Å². The minimum Gasteiger partial charge on any atom is -0.444 e. The van der Waals surface area contributed by atoms with Crippen LogP contribution in [-0.2, 0) is 17.8 Å². The van der Waals surface area contributed by atoms with E-state index in [1.165, 1.54) is 0 Å². The van der Waals surface area contributed by atoms with Crippen LogP contribution in [0.25, 0.3) is 0 Å². The first-order chi connectivity index (χ1) is 11.9. The summed E-state index contributed by atoms with van der Waals surface area (Å²) in [6, 6.07) is 0. The van der Waals surface area contributed by atoms with Crippen LogP contribution >= 0.6 is 0 Å². The van der Waals surface area contributed by atoms with Crippen LogP contribution in [0.1, 0.15) is 39.9 Å². The molecule has 7 heteroatoms. The third-order valence-corrected chi connectivity index (χ3v) is 4.18. The number of piperazine rings is 1. The van der Waals surface area contributed by atoms with Gasteiger partial charge in [-0.15, -0.1) is 0 Å². The maximum Gasteiger partial charge on any atom is 0.410 e. The number of carbonyl (C=O) groups excluding carboxylic acids is 1. The van der Waals surface area contributed by atoms with Crippen molar-refractivity contribution < 1.29 is 9.53 Å². The molecule has 1 aromatic heterocycles. The van der Waals surface area contributed by atoms with Crippen molar-refractivity contribution >= 4 is 6.09 Å². The molecule has 0 bridgehead atoms. The van der Waals surface area contributed by atoms with Crippen LogP contribution in [0.2, 0.25) is 0 Å². The van der Waals surface area contributed by atoms with E-state index in [0.29, 0.717) is 0 Å². The van der Waals surface area contributed by atoms with Crippen molar-refractivity contribution in [1.29, 1.82) is 0 Å². The zero-order valence-corrected chi connectivity index (χ0v) is 16.1. The SMILES string of the molecule is CCCn1ccnc1CNCCN1CCN(C(=O)OC(C)(C)C)CC1. The summed E-state index contributed by atoms with van der Waals surface area (Å²) in [5, 5.41) is 3.47. The molecule has 2 heterocycles. The second kappa shape index (κ2) is 9.20. The number of hydrogen-bond donors (Lipinski definition) is 1. The fourth-order valence-corrected chi connectivity index (χ4v) is 2.87. The lowest BCUT2D eigenvalue weighted by molar-refractivity contribution is 0.0146. The summed E-state index contributed by atoms with van der Waals surface area (Å²) in [5.41, 5.74) is -0.429. The minimum absolute atomic E-state index is 0.201. The zero-order valence-electron chi connectivity index (χ0n) is 16.1. The van der Waals surface area contributed by atoms with Crippen molar-refractivity contribution in [2.24, 2.45) is 0 Å². The first-order valence-corrected chi connectivity index (χ1v) is 9.30. The van der Waals surface area contributed by atoms with Gasteiger partial charge in [0.05, 0.1) is 6.54 Å². The maximum absolute atomic E-state index is 12.1. The maximum atomic E-state index is 12.1. The predicted molar refractivity (Wildman–Crippen MR) is 98.5 cm³/mol. The fourth-order valence-electron chi connectivity index (χ4n) is 2.87. The molecule has 0 spiro atoms. The van der Waals surface area contributed by atoms with Gasteiger partial charge >= 0.3 is 6.09 Å². The van der Waals surface area contributed by atoms with Crippen LogP contribution in [-0.4, -0.2) is 70.3 Å². The highest BCUT2D eigenvalue weighted by molar-refractivity contribution is 5.68. The van der Waals surface area contributed by atoms with Crippen molar-refractivity contribution in [3.8, 4) is 0 Å². The summed E-state index contributed by atoms with van der Waals surface area (Å²) in [5.74, 6) is 1.09. The average Bonchev–Trinajstić information content (AvgIpc) is 2.98. The molecule has 142 valence electrons. The minimum atomic E-state index is -0.429. The Morgan fingerprint density at radius 1 is 1.24 bits per heavy atom. The molecule has 1 aromatic rings. The largest absolute Gasteiger partial charge is 0.444 e. The van der Waals surface area contributed by atoms with Crippen LogP contribution in [0.15, 0.2) is 12.4 Å². The highest BCUT2D eigenvalue weighted by Crippen LogP contribution is 2.11. The molecule has 25 heavy (non-hydrogen) atoms. The van der Waals surface area contributed by atoms with Gasteiger partial charge in [0.15, 0.2) is 0 Å². The predicted octanol–water partition coefficient (Wildman–Crippen LogP) is 1.94. The quantitative estimate of drug-likeness (QED) is 0.761. The monoisotopic (exact) mass is 351 g/mol. The van der Waals surface area contributed by atoms with Crippen LogP contribution in [0.5, 0.6) is 0 Å². The summed E-state index contributed by atoms with van der Waals surface area (Å²) in [6.07, 6.45) is 4.82. The number of rotatable bonds is 7. The van der Waals surface area contributed by atoms with Gasteiger partial charge in [0.25, 0.3) is 0 Å². The standard InChI is InChI=1S/C18H33N5O2/c1-5-8-22-10-7-20-16(22)15-19-6-9-21-11-13-23(14-12-21)17(24)25-18(2,3)4/h7,10,19H,5-6,8-9,11-15H2,1-4H3. The van der Waals surface area contributed by atoms with Gasteiger partial charge in [0.1, 0.15) is 11.4 Å². The van der Waals surface area contributed by atoms with E-state index in [-0.39, 0.29) is 6.09 Å². The molecule has 2 rings (SSSR count). The highest BCUT2D eigenvalue weighted by atomic mass is 16.6. The summed E-state index contributed by atoms with van der Waals surface area (Å²) in [4.78, 5) is 20.7. The summed E-state index contributed by atoms with van der Waals surface area (Å²) in [7, 11) is 0. The number of imidazole rings is 1. The van der Waals surface area contributed by atoms with Gasteiger partial charge in [-0.05, 0) is 27.2 Å². The van der Waals surface area contributed by atoms with Gasteiger partial charge < -0.3 is 19.5 Å². The molecule has 0 atom stereocenters. The Balaban J connectivity index is 1.62. The second-order valence-corrected chi connectivity index (χ2v) is 7.52. The van der Waals surface area contributed by atoms with E-state index in [2.05, 4.69) is 26.7 Å². The van der Waals surface area contributed by atoms with Crippen molar-refractivity contribution in [3.05, 3.63) is 18.2 Å². The molecule has 1 N–H and O–H groups in total. The smallest absolute Gasteiger partial charge is 0.410 e. The van der Waals surface area contributed by atoms with Crippen molar-refractivity contribution in [1.82, 2.24) is 24.7 Å². The molecule has 1 aliphatic heterocycles. The first kappa shape index (κ1) is 19.7. The number of nitrogens with one attached hydrogen (secondary N) is 1. The second-order valence-electron chi connectivity index (χ2n) is 7.52. The molecule has 0 unspecified atom stereocenters. The van der Waals surface area contributed by atoms with Gasteiger partial charge in [-0.3, -0.25) is 4.90 Å². The van der Waals surface area contributed by atoms with Gasteiger partial charge in [-0.2, -0.15) is 0 Å². The van der Waals surface area contributed by atoms with Gasteiger partial charge in [0, 0.05) is 58.2 Å². The van der Waals surface area contributed by atoms with Crippen molar-refractivity contribution in [2.45, 2.75) is 52.8 Å². The number of amides is 1. The van der Waals surface area contributed by atoms with E-state index >= 15 is 0 Å². The number of nitrogens with zero attached hydrogens (tertiary/aromatic N) is 4. The van der Waals surface area contributed by atoms with E-state index in [1.54, 1.807) is 4.90 Å². The molecule has 0 saturated carbocycles. The van der Waals surface area contributed by atoms with E-state index in [4.69, 9.17) is 4.74 Å². The van der Waals surface area contributed by atoms with Crippen LogP contribution < -0.4 is 5.32 Å². The lowest BCUT2D eigenvalue weighted by Crippen LogP contribution is -2.51. The van der Waals surface area contributed by atoms with Gasteiger partial charge in [0.2, 0.25) is 0 Å². The Morgan fingerprint density at radius 2 is 1.96 bits per heavy atom. The molecule has 1 fully saturated rings. The Kier molecular flexibility index (Phi) is 7.25. The Morgan fingerprint density at radius 3 is 2.60 bits per heavy atom. The number of ether oxygens (including phenoxy) is 1. The van der Waals surface area contributed by atoms with E-state index in [1.807, 2.05) is 33.2 Å². The molecular formula is C18H33N5O2. The molecule has 7 nitrogen and oxygen atoms in total.